The number of amides is 2. The van der Waals surface area contributed by atoms with E-state index in [2.05, 4.69) is 21.2 Å². The van der Waals surface area contributed by atoms with E-state index in [1.165, 1.54) is 12.1 Å². The van der Waals surface area contributed by atoms with Crippen LogP contribution in [0.2, 0.25) is 5.02 Å². The minimum atomic E-state index is -0.708. The third-order valence-electron chi connectivity index (χ3n) is 2.37. The van der Waals surface area contributed by atoms with Crippen LogP contribution in [-0.2, 0) is 9.59 Å². The van der Waals surface area contributed by atoms with Crippen LogP contribution < -0.4 is 5.32 Å². The first-order valence-electron chi connectivity index (χ1n) is 4.44. The lowest BCUT2D eigenvalue weighted by Crippen LogP contribution is -2.22. The molecule has 16 heavy (non-hydrogen) atoms. The first-order chi connectivity index (χ1) is 7.50. The molecule has 2 rings (SSSR count). The fourth-order valence-electron chi connectivity index (χ4n) is 1.61. The SMILES string of the molecule is O=C1NC(=O)C(c2ccc(F)cc2Cl)C1Br. The number of halogens is 3. The van der Waals surface area contributed by atoms with Crippen molar-refractivity contribution in [2.75, 3.05) is 0 Å². The van der Waals surface area contributed by atoms with Gasteiger partial charge >= 0.3 is 0 Å². The van der Waals surface area contributed by atoms with E-state index in [4.69, 9.17) is 11.6 Å². The summed E-state index contributed by atoms with van der Waals surface area (Å²) < 4.78 is 12.8. The topological polar surface area (TPSA) is 46.2 Å². The number of nitrogens with one attached hydrogen (secondary N) is 1. The van der Waals surface area contributed by atoms with Gasteiger partial charge in [0.25, 0.3) is 0 Å². The van der Waals surface area contributed by atoms with Crippen molar-refractivity contribution in [1.29, 1.82) is 0 Å². The van der Waals surface area contributed by atoms with Crippen LogP contribution in [0.5, 0.6) is 0 Å². The first-order valence-corrected chi connectivity index (χ1v) is 5.74. The first kappa shape index (κ1) is 11.5. The van der Waals surface area contributed by atoms with Gasteiger partial charge in [-0.25, -0.2) is 4.39 Å². The molecule has 0 radical (unpaired) electrons. The van der Waals surface area contributed by atoms with Gasteiger partial charge in [0.2, 0.25) is 11.8 Å². The van der Waals surface area contributed by atoms with Crippen molar-refractivity contribution < 1.29 is 14.0 Å². The molecule has 84 valence electrons. The zero-order valence-electron chi connectivity index (χ0n) is 7.84. The summed E-state index contributed by atoms with van der Waals surface area (Å²) >= 11 is 8.95. The Morgan fingerprint density at radius 1 is 1.31 bits per heavy atom. The van der Waals surface area contributed by atoms with Gasteiger partial charge in [-0.15, -0.1) is 0 Å². The van der Waals surface area contributed by atoms with Gasteiger partial charge in [-0.05, 0) is 17.7 Å². The van der Waals surface area contributed by atoms with Crippen LogP contribution in [0, 0.1) is 5.82 Å². The molecule has 0 bridgehead atoms. The Morgan fingerprint density at radius 2 is 2.00 bits per heavy atom. The third-order valence-corrected chi connectivity index (χ3v) is 3.64. The lowest BCUT2D eigenvalue weighted by atomic mass is 9.97. The second-order valence-corrected chi connectivity index (χ2v) is 4.79. The number of benzene rings is 1. The predicted octanol–water partition coefficient (Wildman–Crippen LogP) is 1.98. The number of rotatable bonds is 1. The smallest absolute Gasteiger partial charge is 0.241 e. The van der Waals surface area contributed by atoms with Crippen LogP contribution in [0.1, 0.15) is 11.5 Å². The van der Waals surface area contributed by atoms with Gasteiger partial charge in [0.1, 0.15) is 10.6 Å². The van der Waals surface area contributed by atoms with E-state index in [9.17, 15) is 14.0 Å². The van der Waals surface area contributed by atoms with E-state index >= 15 is 0 Å². The Labute approximate surface area is 104 Å². The quantitative estimate of drug-likeness (QED) is 0.637. The van der Waals surface area contributed by atoms with Crippen molar-refractivity contribution in [3.05, 3.63) is 34.6 Å². The van der Waals surface area contributed by atoms with E-state index in [-0.39, 0.29) is 5.02 Å². The maximum Gasteiger partial charge on any atom is 0.241 e. The van der Waals surface area contributed by atoms with E-state index in [0.717, 1.165) is 6.07 Å². The predicted molar refractivity (Wildman–Crippen MR) is 60.0 cm³/mol. The van der Waals surface area contributed by atoms with Crippen LogP contribution in [0.3, 0.4) is 0 Å². The van der Waals surface area contributed by atoms with Crippen LogP contribution in [0.4, 0.5) is 4.39 Å². The molecule has 1 aliphatic rings. The fourth-order valence-corrected chi connectivity index (χ4v) is 2.53. The van der Waals surface area contributed by atoms with Crippen molar-refractivity contribution in [2.45, 2.75) is 10.7 Å². The molecule has 0 aromatic heterocycles. The van der Waals surface area contributed by atoms with Crippen molar-refractivity contribution >= 4 is 39.3 Å². The number of carbonyl (C=O) groups excluding carboxylic acids is 2. The molecule has 0 saturated carbocycles. The monoisotopic (exact) mass is 305 g/mol. The van der Waals surface area contributed by atoms with Gasteiger partial charge in [0.05, 0.1) is 5.92 Å². The van der Waals surface area contributed by atoms with Gasteiger partial charge in [-0.1, -0.05) is 33.6 Å². The highest BCUT2D eigenvalue weighted by Crippen LogP contribution is 2.34. The number of hydrogen-bond acceptors (Lipinski definition) is 2. The standard InChI is InChI=1S/C10H6BrClFNO2/c11-8-7(9(15)14-10(8)16)5-2-1-4(13)3-6(5)12/h1-3,7-8H,(H,14,15,16). The van der Waals surface area contributed by atoms with Crippen LogP contribution in [0.25, 0.3) is 0 Å². The van der Waals surface area contributed by atoms with E-state index < -0.39 is 28.4 Å². The van der Waals surface area contributed by atoms with E-state index in [1.54, 1.807) is 0 Å². The molecule has 0 spiro atoms. The molecule has 2 unspecified atom stereocenters. The molecular weight excluding hydrogens is 300 g/mol. The molecule has 3 nitrogen and oxygen atoms in total. The summed E-state index contributed by atoms with van der Waals surface area (Å²) in [4.78, 5) is 22.1. The number of hydrogen-bond donors (Lipinski definition) is 1. The highest BCUT2D eigenvalue weighted by Gasteiger charge is 2.41. The summed E-state index contributed by atoms with van der Waals surface area (Å²) in [6.45, 7) is 0. The van der Waals surface area contributed by atoms with Gasteiger partial charge in [0.15, 0.2) is 0 Å². The molecule has 1 aliphatic heterocycles. The molecule has 6 heteroatoms. The molecule has 1 N–H and O–H groups in total. The molecule has 2 atom stereocenters. The molecule has 1 fully saturated rings. The number of carbonyl (C=O) groups is 2. The molecule has 1 heterocycles. The Kier molecular flexibility index (Phi) is 2.99. The van der Waals surface area contributed by atoms with Gasteiger partial charge < -0.3 is 0 Å². The van der Waals surface area contributed by atoms with E-state index in [0.29, 0.717) is 5.56 Å². The van der Waals surface area contributed by atoms with Crippen molar-refractivity contribution in [2.24, 2.45) is 0 Å². The maximum atomic E-state index is 12.8. The van der Waals surface area contributed by atoms with Gasteiger partial charge in [-0.2, -0.15) is 0 Å². The largest absolute Gasteiger partial charge is 0.295 e. The average Bonchev–Trinajstić information content (AvgIpc) is 2.43. The Hall–Kier alpha value is -0.940. The van der Waals surface area contributed by atoms with Gasteiger partial charge in [-0.3, -0.25) is 14.9 Å². The summed E-state index contributed by atoms with van der Waals surface area (Å²) in [7, 11) is 0. The summed E-state index contributed by atoms with van der Waals surface area (Å²) in [6.07, 6.45) is 0. The van der Waals surface area contributed by atoms with Gasteiger partial charge in [0, 0.05) is 5.02 Å². The summed E-state index contributed by atoms with van der Waals surface area (Å²) in [5.74, 6) is -2.03. The third kappa shape index (κ3) is 1.85. The van der Waals surface area contributed by atoms with Crippen molar-refractivity contribution in [3.63, 3.8) is 0 Å². The minimum Gasteiger partial charge on any atom is -0.295 e. The van der Waals surface area contributed by atoms with E-state index in [1.807, 2.05) is 0 Å². The highest BCUT2D eigenvalue weighted by atomic mass is 79.9. The Morgan fingerprint density at radius 3 is 2.50 bits per heavy atom. The maximum absolute atomic E-state index is 12.8. The minimum absolute atomic E-state index is 0.138. The summed E-state index contributed by atoms with van der Waals surface area (Å²) in [5, 5.41) is 2.32. The van der Waals surface area contributed by atoms with Crippen molar-refractivity contribution in [1.82, 2.24) is 5.32 Å². The normalized spacial score (nSPS) is 24.7. The Bertz CT molecular complexity index is 480. The second-order valence-electron chi connectivity index (χ2n) is 3.40. The lowest BCUT2D eigenvalue weighted by molar-refractivity contribution is -0.125. The number of imide groups is 1. The average molecular weight is 307 g/mol. The molecular formula is C10H6BrClFNO2. The summed E-state index contributed by atoms with van der Waals surface area (Å²) in [6, 6.07) is 3.73. The molecule has 0 aliphatic carbocycles. The number of alkyl halides is 1. The van der Waals surface area contributed by atoms with Crippen molar-refractivity contribution in [3.8, 4) is 0 Å². The molecule has 1 saturated heterocycles. The van der Waals surface area contributed by atoms with Crippen LogP contribution in [0.15, 0.2) is 18.2 Å². The second kappa shape index (κ2) is 4.14. The molecule has 1 aromatic carbocycles. The highest BCUT2D eigenvalue weighted by molar-refractivity contribution is 9.10. The molecule has 2 amide bonds. The zero-order valence-corrected chi connectivity index (χ0v) is 10.2. The lowest BCUT2D eigenvalue weighted by Gasteiger charge is -2.11. The van der Waals surface area contributed by atoms with Crippen LogP contribution in [-0.4, -0.2) is 16.6 Å². The van der Waals surface area contributed by atoms with Crippen LogP contribution >= 0.6 is 27.5 Å². The fraction of sp³-hybridized carbons (Fsp3) is 0.200. The Balaban J connectivity index is 2.44. The molecule has 1 aromatic rings. The summed E-state index contributed by atoms with van der Waals surface area (Å²) in [5.41, 5.74) is 0.438. The zero-order chi connectivity index (χ0) is 11.9.